The van der Waals surface area contributed by atoms with E-state index < -0.39 is 0 Å². The number of carbonyl (C=O) groups is 1. The van der Waals surface area contributed by atoms with Crippen LogP contribution >= 0.6 is 11.3 Å². The molecule has 0 spiro atoms. The fourth-order valence-electron chi connectivity index (χ4n) is 3.69. The lowest BCUT2D eigenvalue weighted by Crippen LogP contribution is -2.20. The Kier molecular flexibility index (Phi) is 7.69. The number of nitrogens with zero attached hydrogens (tertiary/aromatic N) is 2. The minimum atomic E-state index is -0.106. The number of nitrogens with one attached hydrogen (secondary N) is 1. The number of likely N-dealkylation sites (tertiary alicyclic amines) is 1. The zero-order valence-electron chi connectivity index (χ0n) is 18.4. The number of rotatable bonds is 9. The van der Waals surface area contributed by atoms with Crippen LogP contribution in [0.2, 0.25) is 0 Å². The summed E-state index contributed by atoms with van der Waals surface area (Å²) in [4.78, 5) is 19.1. The van der Waals surface area contributed by atoms with Crippen LogP contribution in [0.15, 0.2) is 60.0 Å². The van der Waals surface area contributed by atoms with Crippen molar-refractivity contribution >= 4 is 23.3 Å². The van der Waals surface area contributed by atoms with Crippen LogP contribution in [-0.2, 0) is 24.5 Å². The van der Waals surface area contributed by atoms with Gasteiger partial charge in [-0.2, -0.15) is 0 Å². The van der Waals surface area contributed by atoms with Crippen LogP contribution < -0.4 is 10.1 Å². The molecular formula is C26H29N3O2S. The number of amides is 1. The summed E-state index contributed by atoms with van der Waals surface area (Å²) < 4.78 is 5.76. The molecule has 2 heterocycles. The van der Waals surface area contributed by atoms with Crippen molar-refractivity contribution in [3.63, 3.8) is 0 Å². The van der Waals surface area contributed by atoms with E-state index in [-0.39, 0.29) is 5.91 Å². The molecule has 32 heavy (non-hydrogen) atoms. The van der Waals surface area contributed by atoms with E-state index in [1.54, 1.807) is 17.4 Å². The first-order valence-corrected chi connectivity index (χ1v) is 11.9. The van der Waals surface area contributed by atoms with Crippen LogP contribution in [-0.4, -0.2) is 28.9 Å². The smallest absolute Gasteiger partial charge is 0.244 e. The first-order chi connectivity index (χ1) is 15.6. The first kappa shape index (κ1) is 22.2. The summed E-state index contributed by atoms with van der Waals surface area (Å²) in [6, 6.07) is 16.2. The third-order valence-corrected chi connectivity index (χ3v) is 6.28. The molecular weight excluding hydrogens is 418 g/mol. The molecule has 0 aliphatic carbocycles. The molecule has 1 aliphatic heterocycles. The summed E-state index contributed by atoms with van der Waals surface area (Å²) in [5, 5.41) is 5.99. The third kappa shape index (κ3) is 6.77. The van der Waals surface area contributed by atoms with E-state index in [1.807, 2.05) is 42.6 Å². The minimum Gasteiger partial charge on any atom is -0.487 e. The van der Waals surface area contributed by atoms with Gasteiger partial charge in [0.05, 0.1) is 10.7 Å². The summed E-state index contributed by atoms with van der Waals surface area (Å²) in [5.74, 6) is 0.677. The van der Waals surface area contributed by atoms with E-state index in [9.17, 15) is 4.79 Å². The number of hydrogen-bond acceptors (Lipinski definition) is 5. The summed E-state index contributed by atoms with van der Waals surface area (Å²) in [5.41, 5.74) is 4.32. The van der Waals surface area contributed by atoms with Crippen molar-refractivity contribution in [1.82, 2.24) is 15.2 Å². The SMILES string of the molecule is Cc1nc(COc2ccc(/C=C/C(=O)NCc3ccc(CN4CCCC4)cc3)cc2)cs1. The van der Waals surface area contributed by atoms with Gasteiger partial charge in [0, 0.05) is 24.5 Å². The Labute approximate surface area is 193 Å². The van der Waals surface area contributed by atoms with Crippen LogP contribution in [0.4, 0.5) is 0 Å². The van der Waals surface area contributed by atoms with Gasteiger partial charge in [-0.1, -0.05) is 36.4 Å². The van der Waals surface area contributed by atoms with Crippen LogP contribution in [0.5, 0.6) is 5.75 Å². The molecule has 0 unspecified atom stereocenters. The van der Waals surface area contributed by atoms with Crippen LogP contribution in [0.3, 0.4) is 0 Å². The van der Waals surface area contributed by atoms with Gasteiger partial charge in [0.25, 0.3) is 0 Å². The van der Waals surface area contributed by atoms with Crippen molar-refractivity contribution < 1.29 is 9.53 Å². The maximum absolute atomic E-state index is 12.2. The van der Waals surface area contributed by atoms with Gasteiger partial charge < -0.3 is 10.1 Å². The zero-order chi connectivity index (χ0) is 22.2. The Balaban J connectivity index is 1.20. The molecule has 5 nitrogen and oxygen atoms in total. The van der Waals surface area contributed by atoms with E-state index in [2.05, 4.69) is 39.5 Å². The summed E-state index contributed by atoms with van der Waals surface area (Å²) in [6.07, 6.45) is 5.99. The maximum atomic E-state index is 12.2. The Hall–Kier alpha value is -2.96. The largest absolute Gasteiger partial charge is 0.487 e. The predicted molar refractivity (Wildman–Crippen MR) is 129 cm³/mol. The summed E-state index contributed by atoms with van der Waals surface area (Å²) in [7, 11) is 0. The Morgan fingerprint density at radius 1 is 1.09 bits per heavy atom. The van der Waals surface area contributed by atoms with Crippen LogP contribution in [0.25, 0.3) is 6.08 Å². The Morgan fingerprint density at radius 3 is 2.50 bits per heavy atom. The number of benzene rings is 2. The van der Waals surface area contributed by atoms with Crippen molar-refractivity contribution in [3.05, 3.63) is 87.4 Å². The lowest BCUT2D eigenvalue weighted by atomic mass is 10.1. The standard InChI is InChI=1S/C26H29N3O2S/c1-20-28-24(19-32-20)18-31-25-11-8-21(9-12-25)10-13-26(30)27-16-22-4-6-23(7-5-22)17-29-14-2-3-15-29/h4-13,19H,2-3,14-18H2,1H3,(H,27,30)/b13-10+. The number of ether oxygens (including phenoxy) is 1. The fraction of sp³-hybridized carbons (Fsp3) is 0.308. The van der Waals surface area contributed by atoms with Crippen molar-refractivity contribution in [2.45, 2.75) is 39.5 Å². The summed E-state index contributed by atoms with van der Waals surface area (Å²) >= 11 is 1.62. The first-order valence-electron chi connectivity index (χ1n) is 11.0. The van der Waals surface area contributed by atoms with Gasteiger partial charge in [-0.3, -0.25) is 9.69 Å². The summed E-state index contributed by atoms with van der Waals surface area (Å²) in [6.45, 7) is 6.39. The molecule has 4 rings (SSSR count). The average molecular weight is 448 g/mol. The lowest BCUT2D eigenvalue weighted by Gasteiger charge is -2.14. The van der Waals surface area contributed by atoms with E-state index in [4.69, 9.17) is 4.74 Å². The minimum absolute atomic E-state index is 0.106. The molecule has 1 N–H and O–H groups in total. The van der Waals surface area contributed by atoms with E-state index >= 15 is 0 Å². The van der Waals surface area contributed by atoms with E-state index in [0.717, 1.165) is 34.1 Å². The quantitative estimate of drug-likeness (QED) is 0.471. The van der Waals surface area contributed by atoms with Gasteiger partial charge in [-0.15, -0.1) is 11.3 Å². The Bertz CT molecular complexity index is 1040. The zero-order valence-corrected chi connectivity index (χ0v) is 19.2. The van der Waals surface area contributed by atoms with Crippen molar-refractivity contribution in [2.24, 2.45) is 0 Å². The second kappa shape index (κ2) is 11.1. The highest BCUT2D eigenvalue weighted by molar-refractivity contribution is 7.09. The highest BCUT2D eigenvalue weighted by Crippen LogP contribution is 2.16. The van der Waals surface area contributed by atoms with Crippen LogP contribution in [0.1, 0.15) is 40.2 Å². The van der Waals surface area contributed by atoms with Gasteiger partial charge in [0.2, 0.25) is 5.91 Å². The molecule has 1 amide bonds. The van der Waals surface area contributed by atoms with Crippen molar-refractivity contribution in [1.29, 1.82) is 0 Å². The average Bonchev–Trinajstić information content (AvgIpc) is 3.48. The highest BCUT2D eigenvalue weighted by atomic mass is 32.1. The van der Waals surface area contributed by atoms with Gasteiger partial charge in [-0.05, 0) is 67.8 Å². The fourth-order valence-corrected chi connectivity index (χ4v) is 4.29. The molecule has 1 saturated heterocycles. The molecule has 1 fully saturated rings. The highest BCUT2D eigenvalue weighted by Gasteiger charge is 2.11. The van der Waals surface area contributed by atoms with Gasteiger partial charge in [-0.25, -0.2) is 4.98 Å². The van der Waals surface area contributed by atoms with Gasteiger partial charge >= 0.3 is 0 Å². The maximum Gasteiger partial charge on any atom is 0.244 e. The number of thiazole rings is 1. The molecule has 0 atom stereocenters. The lowest BCUT2D eigenvalue weighted by molar-refractivity contribution is -0.116. The molecule has 0 bridgehead atoms. The molecule has 1 aliphatic rings. The molecule has 2 aromatic carbocycles. The molecule has 0 saturated carbocycles. The number of hydrogen-bond donors (Lipinski definition) is 1. The Morgan fingerprint density at radius 2 is 1.81 bits per heavy atom. The molecule has 1 aromatic heterocycles. The molecule has 3 aromatic rings. The monoisotopic (exact) mass is 447 g/mol. The van der Waals surface area contributed by atoms with Crippen molar-refractivity contribution in [2.75, 3.05) is 13.1 Å². The van der Waals surface area contributed by atoms with Gasteiger partial charge in [0.15, 0.2) is 0 Å². The number of aromatic nitrogens is 1. The second-order valence-corrected chi connectivity index (χ2v) is 9.13. The van der Waals surface area contributed by atoms with Crippen LogP contribution in [0, 0.1) is 6.92 Å². The normalized spacial score (nSPS) is 14.2. The topological polar surface area (TPSA) is 54.5 Å². The van der Waals surface area contributed by atoms with Gasteiger partial charge in [0.1, 0.15) is 12.4 Å². The number of aryl methyl sites for hydroxylation is 1. The second-order valence-electron chi connectivity index (χ2n) is 8.07. The van der Waals surface area contributed by atoms with E-state index in [0.29, 0.717) is 13.2 Å². The molecule has 6 heteroatoms. The van der Waals surface area contributed by atoms with E-state index in [1.165, 1.54) is 31.5 Å². The molecule has 166 valence electrons. The van der Waals surface area contributed by atoms with Crippen molar-refractivity contribution in [3.8, 4) is 5.75 Å². The third-order valence-electron chi connectivity index (χ3n) is 5.46. The predicted octanol–water partition coefficient (Wildman–Crippen LogP) is 4.96. The number of carbonyl (C=O) groups excluding carboxylic acids is 1. The molecule has 0 radical (unpaired) electrons.